The monoisotopic (exact) mass is 270 g/mol. The molecule has 15 heavy (non-hydrogen) atoms. The van der Waals surface area contributed by atoms with Crippen molar-refractivity contribution in [3.63, 3.8) is 0 Å². The number of ketones is 1. The molecular formula is C12H15BrO2. The highest BCUT2D eigenvalue weighted by molar-refractivity contribution is 9.10. The fraction of sp³-hybridized carbons (Fsp3) is 0.417. The van der Waals surface area contributed by atoms with Crippen molar-refractivity contribution in [1.29, 1.82) is 0 Å². The second-order valence-electron chi connectivity index (χ2n) is 3.48. The van der Waals surface area contributed by atoms with E-state index in [4.69, 9.17) is 4.74 Å². The van der Waals surface area contributed by atoms with E-state index in [1.807, 2.05) is 25.1 Å². The van der Waals surface area contributed by atoms with E-state index in [-0.39, 0.29) is 5.78 Å². The van der Waals surface area contributed by atoms with Crippen LogP contribution in [0, 0.1) is 6.92 Å². The van der Waals surface area contributed by atoms with E-state index in [0.717, 1.165) is 22.0 Å². The molecule has 0 aliphatic rings. The van der Waals surface area contributed by atoms with Crippen molar-refractivity contribution in [2.45, 2.75) is 19.8 Å². The Morgan fingerprint density at radius 1 is 1.47 bits per heavy atom. The van der Waals surface area contributed by atoms with Crippen molar-refractivity contribution in [2.24, 2.45) is 0 Å². The van der Waals surface area contributed by atoms with E-state index >= 15 is 0 Å². The van der Waals surface area contributed by atoms with Gasteiger partial charge in [0.05, 0.1) is 0 Å². The highest BCUT2D eigenvalue weighted by atomic mass is 79.9. The Hall–Kier alpha value is -0.670. The van der Waals surface area contributed by atoms with Gasteiger partial charge in [-0.2, -0.15) is 0 Å². The number of Topliss-reactive ketones (excluding diaryl/α,β-unsaturated/α-hetero) is 1. The summed E-state index contributed by atoms with van der Waals surface area (Å²) in [6.45, 7) is 2.59. The SMILES string of the molecule is COCCCC(=O)c1cc(Br)ccc1C. The van der Waals surface area contributed by atoms with Gasteiger partial charge in [0, 0.05) is 30.2 Å². The predicted molar refractivity (Wildman–Crippen MR) is 64.3 cm³/mol. The van der Waals surface area contributed by atoms with Crippen LogP contribution in [-0.4, -0.2) is 19.5 Å². The first-order chi connectivity index (χ1) is 7.15. The average Bonchev–Trinajstić information content (AvgIpc) is 2.22. The molecule has 0 aromatic heterocycles. The smallest absolute Gasteiger partial charge is 0.163 e. The maximum absolute atomic E-state index is 11.8. The Morgan fingerprint density at radius 3 is 2.87 bits per heavy atom. The van der Waals surface area contributed by atoms with E-state index in [1.165, 1.54) is 0 Å². The number of rotatable bonds is 5. The van der Waals surface area contributed by atoms with Gasteiger partial charge in [0.1, 0.15) is 0 Å². The zero-order valence-corrected chi connectivity index (χ0v) is 10.6. The summed E-state index contributed by atoms with van der Waals surface area (Å²) < 4.78 is 5.87. The molecule has 3 heteroatoms. The first-order valence-electron chi connectivity index (χ1n) is 4.93. The molecule has 1 aromatic carbocycles. The standard InChI is InChI=1S/C12H15BrO2/c1-9-5-6-10(13)8-11(9)12(14)4-3-7-15-2/h5-6,8H,3-4,7H2,1-2H3. The zero-order valence-electron chi connectivity index (χ0n) is 9.05. The van der Waals surface area contributed by atoms with Gasteiger partial charge >= 0.3 is 0 Å². The van der Waals surface area contributed by atoms with Crippen molar-refractivity contribution in [1.82, 2.24) is 0 Å². The normalized spacial score (nSPS) is 10.3. The van der Waals surface area contributed by atoms with Crippen LogP contribution in [0.5, 0.6) is 0 Å². The molecule has 1 rings (SSSR count). The average molecular weight is 271 g/mol. The summed E-state index contributed by atoms with van der Waals surface area (Å²) in [5.74, 6) is 0.186. The van der Waals surface area contributed by atoms with Gasteiger partial charge in [0.15, 0.2) is 5.78 Å². The number of hydrogen-bond donors (Lipinski definition) is 0. The fourth-order valence-electron chi connectivity index (χ4n) is 1.41. The molecule has 0 aliphatic carbocycles. The van der Waals surface area contributed by atoms with Gasteiger partial charge in [-0.1, -0.05) is 22.0 Å². The largest absolute Gasteiger partial charge is 0.385 e. The molecule has 0 bridgehead atoms. The maximum atomic E-state index is 11.8. The molecule has 0 saturated carbocycles. The van der Waals surface area contributed by atoms with Crippen molar-refractivity contribution in [2.75, 3.05) is 13.7 Å². The van der Waals surface area contributed by atoms with E-state index in [2.05, 4.69) is 15.9 Å². The van der Waals surface area contributed by atoms with Crippen LogP contribution in [-0.2, 0) is 4.74 Å². The number of ether oxygens (including phenoxy) is 1. The molecule has 0 radical (unpaired) electrons. The third-order valence-electron chi connectivity index (χ3n) is 2.25. The van der Waals surface area contributed by atoms with Crippen LogP contribution in [0.25, 0.3) is 0 Å². The summed E-state index contributed by atoms with van der Waals surface area (Å²) in [6, 6.07) is 5.78. The van der Waals surface area contributed by atoms with Gasteiger partial charge in [0.2, 0.25) is 0 Å². The molecular weight excluding hydrogens is 256 g/mol. The van der Waals surface area contributed by atoms with Crippen LogP contribution in [0.3, 0.4) is 0 Å². The molecule has 0 saturated heterocycles. The maximum Gasteiger partial charge on any atom is 0.163 e. The topological polar surface area (TPSA) is 26.3 Å². The first kappa shape index (κ1) is 12.4. The Kier molecular flexibility index (Phi) is 4.99. The Labute approximate surface area is 98.8 Å². The van der Waals surface area contributed by atoms with Gasteiger partial charge in [0.25, 0.3) is 0 Å². The van der Waals surface area contributed by atoms with Gasteiger partial charge < -0.3 is 4.74 Å². The van der Waals surface area contributed by atoms with Crippen LogP contribution >= 0.6 is 15.9 Å². The molecule has 0 amide bonds. The fourth-order valence-corrected chi connectivity index (χ4v) is 1.77. The number of halogens is 1. The molecule has 0 atom stereocenters. The molecule has 0 N–H and O–H groups in total. The highest BCUT2D eigenvalue weighted by Gasteiger charge is 2.08. The van der Waals surface area contributed by atoms with Crippen LogP contribution in [0.15, 0.2) is 22.7 Å². The first-order valence-corrected chi connectivity index (χ1v) is 5.72. The minimum Gasteiger partial charge on any atom is -0.385 e. The van der Waals surface area contributed by atoms with E-state index < -0.39 is 0 Å². The third-order valence-corrected chi connectivity index (χ3v) is 2.75. The molecule has 0 spiro atoms. The third kappa shape index (κ3) is 3.76. The van der Waals surface area contributed by atoms with Crippen LogP contribution < -0.4 is 0 Å². The lowest BCUT2D eigenvalue weighted by Gasteiger charge is -2.05. The lowest BCUT2D eigenvalue weighted by atomic mass is 10.0. The number of benzene rings is 1. The molecule has 1 aromatic rings. The van der Waals surface area contributed by atoms with Gasteiger partial charge in [-0.15, -0.1) is 0 Å². The summed E-state index contributed by atoms with van der Waals surface area (Å²) in [5.41, 5.74) is 1.83. The second kappa shape index (κ2) is 6.03. The Bertz CT molecular complexity index is 347. The van der Waals surface area contributed by atoms with Crippen molar-refractivity contribution in [3.8, 4) is 0 Å². The lowest BCUT2D eigenvalue weighted by molar-refractivity contribution is 0.0962. The molecule has 2 nitrogen and oxygen atoms in total. The van der Waals surface area contributed by atoms with Crippen LogP contribution in [0.4, 0.5) is 0 Å². The van der Waals surface area contributed by atoms with Crippen molar-refractivity contribution >= 4 is 21.7 Å². The van der Waals surface area contributed by atoms with E-state index in [1.54, 1.807) is 7.11 Å². The van der Waals surface area contributed by atoms with Crippen molar-refractivity contribution < 1.29 is 9.53 Å². The summed E-state index contributed by atoms with van der Waals surface area (Å²) in [6.07, 6.45) is 1.33. The summed E-state index contributed by atoms with van der Waals surface area (Å²) in [5, 5.41) is 0. The Balaban J connectivity index is 2.68. The highest BCUT2D eigenvalue weighted by Crippen LogP contribution is 2.17. The predicted octanol–water partition coefficient (Wildman–Crippen LogP) is 3.37. The van der Waals surface area contributed by atoms with E-state index in [0.29, 0.717) is 13.0 Å². The molecule has 0 aliphatic heterocycles. The van der Waals surface area contributed by atoms with Crippen molar-refractivity contribution in [3.05, 3.63) is 33.8 Å². The number of carbonyl (C=O) groups excluding carboxylic acids is 1. The summed E-state index contributed by atoms with van der Waals surface area (Å²) in [7, 11) is 1.65. The summed E-state index contributed by atoms with van der Waals surface area (Å²) >= 11 is 3.37. The number of carbonyl (C=O) groups is 1. The molecule has 0 heterocycles. The minimum atomic E-state index is 0.186. The quantitative estimate of drug-likeness (QED) is 0.606. The van der Waals surface area contributed by atoms with Gasteiger partial charge in [-0.3, -0.25) is 4.79 Å². The Morgan fingerprint density at radius 2 is 2.20 bits per heavy atom. The number of methoxy groups -OCH3 is 1. The van der Waals surface area contributed by atoms with Crippen LogP contribution in [0.1, 0.15) is 28.8 Å². The van der Waals surface area contributed by atoms with E-state index in [9.17, 15) is 4.79 Å². The summed E-state index contributed by atoms with van der Waals surface area (Å²) in [4.78, 5) is 11.8. The zero-order chi connectivity index (χ0) is 11.3. The lowest BCUT2D eigenvalue weighted by Crippen LogP contribution is -2.03. The second-order valence-corrected chi connectivity index (χ2v) is 4.39. The minimum absolute atomic E-state index is 0.186. The van der Waals surface area contributed by atoms with Gasteiger partial charge in [-0.05, 0) is 31.0 Å². The van der Waals surface area contributed by atoms with Gasteiger partial charge in [-0.25, -0.2) is 0 Å². The molecule has 82 valence electrons. The molecule has 0 unspecified atom stereocenters. The molecule has 0 fully saturated rings. The number of aryl methyl sites for hydroxylation is 1. The number of hydrogen-bond acceptors (Lipinski definition) is 2. The van der Waals surface area contributed by atoms with Crippen LogP contribution in [0.2, 0.25) is 0 Å².